The van der Waals surface area contributed by atoms with Gasteiger partial charge in [-0.1, -0.05) is 52.8 Å². The normalized spacial score (nSPS) is 15.6. The largest absolute Gasteiger partial charge is 0.492 e. The fourth-order valence-corrected chi connectivity index (χ4v) is 6.23. The van der Waals surface area contributed by atoms with Crippen molar-refractivity contribution in [2.24, 2.45) is 4.99 Å². The van der Waals surface area contributed by atoms with Crippen LogP contribution in [0.15, 0.2) is 57.5 Å². The van der Waals surface area contributed by atoms with Crippen molar-refractivity contribution < 1.29 is 14.3 Å². The summed E-state index contributed by atoms with van der Waals surface area (Å²) in [4.78, 5) is 31.9. The van der Waals surface area contributed by atoms with Crippen LogP contribution in [-0.4, -0.2) is 23.8 Å². The Labute approximate surface area is 225 Å². The van der Waals surface area contributed by atoms with Gasteiger partial charge in [0.15, 0.2) is 4.80 Å². The van der Waals surface area contributed by atoms with E-state index in [-0.39, 0.29) is 12.2 Å². The summed E-state index contributed by atoms with van der Waals surface area (Å²) in [7, 11) is 0. The number of thiazole rings is 1. The minimum Gasteiger partial charge on any atom is -0.492 e. The molecular formula is C26H24ClIN2O4S. The summed E-state index contributed by atoms with van der Waals surface area (Å²) in [5, 5.41) is 0.551. The maximum absolute atomic E-state index is 13.8. The first-order valence-electron chi connectivity index (χ1n) is 11.1. The number of aromatic nitrogens is 1. The minimum atomic E-state index is -0.640. The summed E-state index contributed by atoms with van der Waals surface area (Å²) >= 11 is 9.75. The molecule has 1 atom stereocenters. The van der Waals surface area contributed by atoms with Gasteiger partial charge >= 0.3 is 5.97 Å². The molecular weight excluding hydrogens is 599 g/mol. The maximum atomic E-state index is 13.8. The number of rotatable bonds is 6. The Bertz CT molecular complexity index is 1510. The van der Waals surface area contributed by atoms with Gasteiger partial charge in [-0.2, -0.15) is 0 Å². The second-order valence-electron chi connectivity index (χ2n) is 7.95. The number of halogens is 2. The van der Waals surface area contributed by atoms with Crippen molar-refractivity contribution in [3.8, 4) is 5.75 Å². The smallest absolute Gasteiger partial charge is 0.338 e. The summed E-state index contributed by atoms with van der Waals surface area (Å²) < 4.78 is 14.1. The third kappa shape index (κ3) is 5.10. The number of fused-ring (bicyclic) bond motifs is 1. The maximum Gasteiger partial charge on any atom is 0.338 e. The molecule has 0 aliphatic carbocycles. The van der Waals surface area contributed by atoms with Crippen molar-refractivity contribution in [3.05, 3.63) is 92.6 Å². The molecule has 3 aromatic rings. The molecule has 1 aliphatic rings. The fraction of sp³-hybridized carbons (Fsp3) is 0.269. The van der Waals surface area contributed by atoms with Crippen molar-refractivity contribution >= 4 is 57.6 Å². The molecule has 9 heteroatoms. The second kappa shape index (κ2) is 10.7. The van der Waals surface area contributed by atoms with Crippen LogP contribution in [0, 0.1) is 10.5 Å². The van der Waals surface area contributed by atoms with Crippen LogP contribution in [0.5, 0.6) is 5.75 Å². The number of hydrogen-bond acceptors (Lipinski definition) is 6. The molecule has 1 aliphatic heterocycles. The lowest BCUT2D eigenvalue weighted by molar-refractivity contribution is -0.139. The molecule has 0 fully saturated rings. The molecule has 2 heterocycles. The Morgan fingerprint density at radius 1 is 1.20 bits per heavy atom. The van der Waals surface area contributed by atoms with Gasteiger partial charge in [-0.3, -0.25) is 9.36 Å². The highest BCUT2D eigenvalue weighted by atomic mass is 127. The van der Waals surface area contributed by atoms with E-state index in [4.69, 9.17) is 21.1 Å². The van der Waals surface area contributed by atoms with E-state index in [1.54, 1.807) is 30.6 Å². The average Bonchev–Trinajstić information content (AvgIpc) is 3.10. The zero-order chi connectivity index (χ0) is 25.3. The van der Waals surface area contributed by atoms with Crippen molar-refractivity contribution in [1.82, 2.24) is 4.57 Å². The van der Waals surface area contributed by atoms with Crippen LogP contribution in [0.1, 0.15) is 43.5 Å². The van der Waals surface area contributed by atoms with Crippen molar-refractivity contribution in [2.45, 2.75) is 33.7 Å². The summed E-state index contributed by atoms with van der Waals surface area (Å²) in [5.41, 5.74) is 3.26. The second-order valence-corrected chi connectivity index (χ2v) is 10.6. The highest BCUT2D eigenvalue weighted by Crippen LogP contribution is 2.32. The zero-order valence-electron chi connectivity index (χ0n) is 19.7. The first-order valence-corrected chi connectivity index (χ1v) is 13.4. The first kappa shape index (κ1) is 25.7. The topological polar surface area (TPSA) is 69.9 Å². The molecule has 35 heavy (non-hydrogen) atoms. The highest BCUT2D eigenvalue weighted by Gasteiger charge is 2.33. The first-order chi connectivity index (χ1) is 16.7. The number of carbonyl (C=O) groups excluding carboxylic acids is 1. The van der Waals surface area contributed by atoms with Gasteiger partial charge in [-0.25, -0.2) is 9.79 Å². The third-order valence-corrected chi connectivity index (χ3v) is 7.52. The van der Waals surface area contributed by atoms with Gasteiger partial charge in [0.05, 0.1) is 38.6 Å². The quantitative estimate of drug-likeness (QED) is 0.294. The van der Waals surface area contributed by atoms with E-state index in [0.717, 1.165) is 14.7 Å². The molecule has 0 saturated carbocycles. The van der Waals surface area contributed by atoms with Crippen LogP contribution < -0.4 is 19.6 Å². The summed E-state index contributed by atoms with van der Waals surface area (Å²) in [6.07, 6.45) is 1.78. The molecule has 0 unspecified atom stereocenters. The van der Waals surface area contributed by atoms with Crippen LogP contribution in [0.25, 0.3) is 6.08 Å². The van der Waals surface area contributed by atoms with Crippen LogP contribution in [-0.2, 0) is 9.53 Å². The van der Waals surface area contributed by atoms with E-state index >= 15 is 0 Å². The van der Waals surface area contributed by atoms with Crippen LogP contribution in [0.2, 0.25) is 5.02 Å². The van der Waals surface area contributed by atoms with E-state index in [1.807, 2.05) is 44.2 Å². The Balaban J connectivity index is 1.97. The predicted molar refractivity (Wildman–Crippen MR) is 147 cm³/mol. The van der Waals surface area contributed by atoms with Crippen LogP contribution in [0.4, 0.5) is 0 Å². The molecule has 0 spiro atoms. The molecule has 0 radical (unpaired) electrons. The summed E-state index contributed by atoms with van der Waals surface area (Å²) in [5.74, 6) is 0.193. The molecule has 0 bridgehead atoms. The van der Waals surface area contributed by atoms with Crippen molar-refractivity contribution in [3.63, 3.8) is 0 Å². The van der Waals surface area contributed by atoms with Gasteiger partial charge < -0.3 is 9.47 Å². The Hall–Kier alpha value is -2.43. The lowest BCUT2D eigenvalue weighted by Gasteiger charge is -2.24. The average molecular weight is 623 g/mol. The standard InChI is InChI=1S/C26H24ClIN2O4S/c1-5-33-23-17(11-18(27)13-19(23)28)12-20-24(31)30-22(16-9-7-14(3)8-10-16)21(25(32)34-6-2)15(4)29-26(30)35-20/h7-13,22H,5-6H2,1-4H3/b20-12-/t22-/m0/s1. The summed E-state index contributed by atoms with van der Waals surface area (Å²) in [6, 6.07) is 10.7. The van der Waals surface area contributed by atoms with E-state index in [9.17, 15) is 9.59 Å². The fourth-order valence-electron chi connectivity index (χ4n) is 3.98. The highest BCUT2D eigenvalue weighted by molar-refractivity contribution is 14.1. The van der Waals surface area contributed by atoms with Gasteiger partial charge in [0.25, 0.3) is 5.56 Å². The van der Waals surface area contributed by atoms with Gasteiger partial charge in [-0.15, -0.1) is 0 Å². The number of benzene rings is 2. The molecule has 1 aromatic heterocycles. The van der Waals surface area contributed by atoms with E-state index in [0.29, 0.717) is 43.5 Å². The van der Waals surface area contributed by atoms with Crippen molar-refractivity contribution in [2.75, 3.05) is 13.2 Å². The molecule has 182 valence electrons. The minimum absolute atomic E-state index is 0.230. The van der Waals surface area contributed by atoms with E-state index in [2.05, 4.69) is 27.6 Å². The van der Waals surface area contributed by atoms with E-state index < -0.39 is 12.0 Å². The number of allylic oxidation sites excluding steroid dienone is 1. The number of carbonyl (C=O) groups is 1. The van der Waals surface area contributed by atoms with Gasteiger partial charge in [0.1, 0.15) is 5.75 Å². The molecule has 4 rings (SSSR count). The molecule has 0 saturated heterocycles. The van der Waals surface area contributed by atoms with Crippen molar-refractivity contribution in [1.29, 1.82) is 0 Å². The van der Waals surface area contributed by atoms with Crippen LogP contribution >= 0.6 is 45.5 Å². The van der Waals surface area contributed by atoms with E-state index in [1.165, 1.54) is 11.3 Å². The number of ether oxygens (including phenoxy) is 2. The summed E-state index contributed by atoms with van der Waals surface area (Å²) in [6.45, 7) is 8.14. The zero-order valence-corrected chi connectivity index (χ0v) is 23.5. The number of nitrogens with zero attached hydrogens (tertiary/aromatic N) is 2. The Morgan fingerprint density at radius 2 is 1.91 bits per heavy atom. The van der Waals surface area contributed by atoms with Gasteiger partial charge in [0, 0.05) is 10.6 Å². The SMILES string of the molecule is CCOC(=O)C1=C(C)N=c2s/c(=C\c3cc(Cl)cc(I)c3OCC)c(=O)n2[C@H]1c1ccc(C)cc1. The number of aryl methyl sites for hydroxylation is 1. The lowest BCUT2D eigenvalue weighted by Crippen LogP contribution is -2.39. The molecule has 2 aromatic carbocycles. The molecule has 6 nitrogen and oxygen atoms in total. The monoisotopic (exact) mass is 622 g/mol. The predicted octanol–water partition coefficient (Wildman–Crippen LogP) is 4.76. The third-order valence-electron chi connectivity index (χ3n) is 5.52. The van der Waals surface area contributed by atoms with Crippen LogP contribution in [0.3, 0.4) is 0 Å². The molecule has 0 N–H and O–H groups in total. The number of esters is 1. The Kier molecular flexibility index (Phi) is 7.83. The number of hydrogen-bond donors (Lipinski definition) is 0. The Morgan fingerprint density at radius 3 is 2.57 bits per heavy atom. The lowest BCUT2D eigenvalue weighted by atomic mass is 9.95. The van der Waals surface area contributed by atoms with Gasteiger partial charge in [0.2, 0.25) is 0 Å². The van der Waals surface area contributed by atoms with Gasteiger partial charge in [-0.05, 0) is 74.1 Å². The molecule has 0 amide bonds.